The minimum absolute atomic E-state index is 0.131. The number of aliphatic carboxylic acids is 1. The van der Waals surface area contributed by atoms with Gasteiger partial charge in [-0.2, -0.15) is 5.16 Å². The zero-order valence-corrected chi connectivity index (χ0v) is 12.3. The van der Waals surface area contributed by atoms with E-state index in [1.807, 2.05) is 0 Å². The van der Waals surface area contributed by atoms with Crippen molar-refractivity contribution >= 4 is 5.97 Å². The third kappa shape index (κ3) is 6.06. The number of rotatable bonds is 3. The lowest BCUT2D eigenvalue weighted by Gasteiger charge is -2.30. The fourth-order valence-corrected chi connectivity index (χ4v) is 2.51. The van der Waals surface area contributed by atoms with Crippen LogP contribution < -0.4 is 10.9 Å². The van der Waals surface area contributed by atoms with Crippen LogP contribution in [0.1, 0.15) is 51.7 Å². The van der Waals surface area contributed by atoms with Gasteiger partial charge in [-0.05, 0) is 31.7 Å². The third-order valence-corrected chi connectivity index (χ3v) is 3.20. The lowest BCUT2D eigenvalue weighted by Crippen LogP contribution is -2.38. The Balaban J connectivity index is 0.000000444. The van der Waals surface area contributed by atoms with E-state index in [-0.39, 0.29) is 5.56 Å². The highest BCUT2D eigenvalue weighted by Gasteiger charge is 2.25. The van der Waals surface area contributed by atoms with Gasteiger partial charge in [0.25, 0.3) is 11.5 Å². The first-order chi connectivity index (χ1) is 9.38. The van der Waals surface area contributed by atoms with Gasteiger partial charge in [0.05, 0.1) is 0 Å². The maximum atomic E-state index is 11.0. The smallest absolute Gasteiger partial charge is 0.300 e. The molecule has 0 spiro atoms. The standard InChI is InChI=1S/C12H20N2O2.C2H4O2/c1-8(2)5-10-6-9(3-4-13-10)11-7-12(15)14-16-11;1-2(3)4/h7-10,13H,3-6H2,1-2H3,(H,14,15);1H3,(H,3,4)/t9-,10+;/m1./s1. The van der Waals surface area contributed by atoms with Crippen molar-refractivity contribution in [2.45, 2.75) is 52.0 Å². The number of nitrogens with one attached hydrogen (secondary N) is 2. The summed E-state index contributed by atoms with van der Waals surface area (Å²) in [4.78, 5) is 20.0. The molecule has 20 heavy (non-hydrogen) atoms. The summed E-state index contributed by atoms with van der Waals surface area (Å²) >= 11 is 0. The third-order valence-electron chi connectivity index (χ3n) is 3.20. The van der Waals surface area contributed by atoms with E-state index in [2.05, 4.69) is 24.3 Å². The minimum Gasteiger partial charge on any atom is -0.481 e. The zero-order chi connectivity index (χ0) is 15.1. The molecular weight excluding hydrogens is 260 g/mol. The van der Waals surface area contributed by atoms with Gasteiger partial charge in [-0.25, -0.2) is 0 Å². The van der Waals surface area contributed by atoms with E-state index < -0.39 is 5.97 Å². The molecule has 0 bridgehead atoms. The molecule has 0 amide bonds. The van der Waals surface area contributed by atoms with Gasteiger partial charge in [-0.15, -0.1) is 0 Å². The van der Waals surface area contributed by atoms with Crippen LogP contribution in [0.25, 0.3) is 0 Å². The SMILES string of the molecule is CC(=O)O.CC(C)C[C@H]1C[C@H](c2cc(=O)[nH]o2)CCN1. The number of hydrogen-bond acceptors (Lipinski definition) is 4. The number of H-pyrrole nitrogens is 1. The molecule has 6 heteroatoms. The summed E-state index contributed by atoms with van der Waals surface area (Å²) in [5.74, 6) is 1.08. The molecule has 1 saturated heterocycles. The molecule has 0 aromatic carbocycles. The first-order valence-corrected chi connectivity index (χ1v) is 6.99. The molecule has 6 nitrogen and oxygen atoms in total. The van der Waals surface area contributed by atoms with Crippen LogP contribution in [0.4, 0.5) is 0 Å². The second-order valence-corrected chi connectivity index (χ2v) is 5.64. The van der Waals surface area contributed by atoms with Gasteiger partial charge in [0, 0.05) is 24.9 Å². The van der Waals surface area contributed by atoms with Crippen LogP contribution in [0.3, 0.4) is 0 Å². The number of aromatic amines is 1. The molecule has 0 radical (unpaired) electrons. The zero-order valence-electron chi connectivity index (χ0n) is 12.3. The molecule has 1 aliphatic rings. The summed E-state index contributed by atoms with van der Waals surface area (Å²) in [6, 6.07) is 2.14. The fourth-order valence-electron chi connectivity index (χ4n) is 2.51. The minimum atomic E-state index is -0.833. The molecule has 1 fully saturated rings. The molecule has 0 unspecified atom stereocenters. The van der Waals surface area contributed by atoms with E-state index in [9.17, 15) is 4.79 Å². The Bertz CT molecular complexity index is 460. The van der Waals surface area contributed by atoms with Crippen LogP contribution in [-0.4, -0.2) is 28.8 Å². The van der Waals surface area contributed by atoms with Gasteiger partial charge in [0.2, 0.25) is 0 Å². The van der Waals surface area contributed by atoms with E-state index in [4.69, 9.17) is 14.4 Å². The van der Waals surface area contributed by atoms with Crippen LogP contribution in [0.2, 0.25) is 0 Å². The number of carboxylic acids is 1. The Hall–Kier alpha value is -1.56. The molecule has 2 rings (SSSR count). The van der Waals surface area contributed by atoms with Crippen LogP contribution in [-0.2, 0) is 4.79 Å². The van der Waals surface area contributed by atoms with E-state index in [1.54, 1.807) is 6.07 Å². The highest BCUT2D eigenvalue weighted by molar-refractivity contribution is 5.62. The number of carbonyl (C=O) groups is 1. The normalized spacial score (nSPS) is 22.2. The number of piperidine rings is 1. The van der Waals surface area contributed by atoms with Gasteiger partial charge in [0.1, 0.15) is 5.76 Å². The molecule has 2 heterocycles. The Morgan fingerprint density at radius 3 is 2.70 bits per heavy atom. The van der Waals surface area contributed by atoms with E-state index in [1.165, 1.54) is 6.42 Å². The van der Waals surface area contributed by atoms with E-state index in [0.717, 1.165) is 32.1 Å². The van der Waals surface area contributed by atoms with Gasteiger partial charge in [0.15, 0.2) is 0 Å². The number of hydrogen-bond donors (Lipinski definition) is 3. The molecule has 0 aliphatic carbocycles. The first-order valence-electron chi connectivity index (χ1n) is 6.99. The van der Waals surface area contributed by atoms with Crippen LogP contribution >= 0.6 is 0 Å². The molecule has 114 valence electrons. The molecule has 0 saturated carbocycles. The number of carboxylic acid groups (broad SMARTS) is 1. The Morgan fingerprint density at radius 2 is 2.20 bits per heavy atom. The molecule has 3 N–H and O–H groups in total. The maximum absolute atomic E-state index is 11.0. The largest absolute Gasteiger partial charge is 0.481 e. The van der Waals surface area contributed by atoms with Crippen molar-refractivity contribution in [3.05, 3.63) is 22.2 Å². The summed E-state index contributed by atoms with van der Waals surface area (Å²) in [7, 11) is 0. The molecule has 2 atom stereocenters. The molecule has 1 aliphatic heterocycles. The average Bonchev–Trinajstić information content (AvgIpc) is 2.74. The first kappa shape index (κ1) is 16.5. The van der Waals surface area contributed by atoms with Crippen molar-refractivity contribution in [3.63, 3.8) is 0 Å². The molecule has 1 aromatic rings. The van der Waals surface area contributed by atoms with E-state index >= 15 is 0 Å². The fraction of sp³-hybridized carbons (Fsp3) is 0.714. The lowest BCUT2D eigenvalue weighted by atomic mass is 9.87. The Kier molecular flexibility index (Phi) is 6.51. The topological polar surface area (TPSA) is 95.3 Å². The highest BCUT2D eigenvalue weighted by Crippen LogP contribution is 2.28. The lowest BCUT2D eigenvalue weighted by molar-refractivity contribution is -0.134. The second-order valence-electron chi connectivity index (χ2n) is 5.64. The molecule has 1 aromatic heterocycles. The second kappa shape index (κ2) is 7.89. The van der Waals surface area contributed by atoms with Gasteiger partial charge in [-0.3, -0.25) is 9.59 Å². The number of aromatic nitrogens is 1. The summed E-state index contributed by atoms with van der Waals surface area (Å²) in [5, 5.41) is 13.3. The quantitative estimate of drug-likeness (QED) is 0.788. The Labute approximate surface area is 118 Å². The summed E-state index contributed by atoms with van der Waals surface area (Å²) in [6.45, 7) is 6.57. The van der Waals surface area contributed by atoms with Gasteiger partial charge in [-0.1, -0.05) is 13.8 Å². The maximum Gasteiger partial charge on any atom is 0.300 e. The van der Waals surface area contributed by atoms with Crippen LogP contribution in [0.15, 0.2) is 15.4 Å². The average molecular weight is 284 g/mol. The van der Waals surface area contributed by atoms with Gasteiger partial charge < -0.3 is 14.9 Å². The Morgan fingerprint density at radius 1 is 1.55 bits per heavy atom. The van der Waals surface area contributed by atoms with E-state index in [0.29, 0.717) is 17.9 Å². The van der Waals surface area contributed by atoms with Crippen molar-refractivity contribution in [2.75, 3.05) is 6.54 Å². The summed E-state index contributed by atoms with van der Waals surface area (Å²) in [6.07, 6.45) is 3.31. The van der Waals surface area contributed by atoms with Crippen molar-refractivity contribution in [3.8, 4) is 0 Å². The summed E-state index contributed by atoms with van der Waals surface area (Å²) in [5.41, 5.74) is -0.131. The predicted molar refractivity (Wildman–Crippen MR) is 75.9 cm³/mol. The molecular formula is C14H24N2O4. The van der Waals surface area contributed by atoms with Crippen LogP contribution in [0, 0.1) is 5.92 Å². The van der Waals surface area contributed by atoms with Crippen molar-refractivity contribution < 1.29 is 14.4 Å². The highest BCUT2D eigenvalue weighted by atomic mass is 16.5. The van der Waals surface area contributed by atoms with Crippen molar-refractivity contribution in [2.24, 2.45) is 5.92 Å². The van der Waals surface area contributed by atoms with Crippen LogP contribution in [0.5, 0.6) is 0 Å². The van der Waals surface area contributed by atoms with Crippen molar-refractivity contribution in [1.29, 1.82) is 0 Å². The predicted octanol–water partition coefficient (Wildman–Crippen LogP) is 1.94. The van der Waals surface area contributed by atoms with Gasteiger partial charge >= 0.3 is 0 Å². The monoisotopic (exact) mass is 284 g/mol. The van der Waals surface area contributed by atoms with Crippen molar-refractivity contribution in [1.82, 2.24) is 10.5 Å². The summed E-state index contributed by atoms with van der Waals surface area (Å²) < 4.78 is 5.19.